The normalized spacial score (nSPS) is 11.6. The van der Waals surface area contributed by atoms with Crippen LogP contribution in [0.4, 0.5) is 0 Å². The summed E-state index contributed by atoms with van der Waals surface area (Å²) in [6, 6.07) is 61.3. The molecule has 0 spiro atoms. The van der Waals surface area contributed by atoms with Crippen molar-refractivity contribution < 1.29 is 4.42 Å². The predicted octanol–water partition coefficient (Wildman–Crippen LogP) is 12.1. The highest BCUT2D eigenvalue weighted by Crippen LogP contribution is 2.41. The Bertz CT molecular complexity index is 2800. The van der Waals surface area contributed by atoms with Gasteiger partial charge in [0.05, 0.1) is 22.4 Å². The maximum atomic E-state index is 6.40. The molecule has 0 saturated carbocycles. The second kappa shape index (κ2) is 11.4. The second-order valence-electron chi connectivity index (χ2n) is 12.6. The van der Waals surface area contributed by atoms with Gasteiger partial charge in [-0.3, -0.25) is 0 Å². The molecule has 4 heteroatoms. The molecule has 0 aliphatic heterocycles. The summed E-state index contributed by atoms with van der Waals surface area (Å²) >= 11 is 0. The van der Waals surface area contributed by atoms with Crippen molar-refractivity contribution in [3.63, 3.8) is 0 Å². The first-order chi connectivity index (χ1) is 24.8. The van der Waals surface area contributed by atoms with E-state index in [4.69, 9.17) is 14.4 Å². The molecule has 0 bridgehead atoms. The van der Waals surface area contributed by atoms with E-state index in [9.17, 15) is 0 Å². The maximum absolute atomic E-state index is 6.40. The Morgan fingerprint density at radius 2 is 0.960 bits per heavy atom. The molecule has 0 aliphatic carbocycles. The van der Waals surface area contributed by atoms with Gasteiger partial charge in [-0.25, -0.2) is 9.97 Å². The van der Waals surface area contributed by atoms with Crippen molar-refractivity contribution in [1.29, 1.82) is 0 Å². The average Bonchev–Trinajstić information content (AvgIpc) is 3.74. The molecule has 0 fully saturated rings. The number of hydrogen-bond acceptors (Lipinski definition) is 3. The SMILES string of the molecule is c1ccc(-c2cc(-c3ccccc3)nc(-c3ccc4oc5ccc(-c6cccc7c6c6ccccc6n7-c6ccccc6)cc5c4c3)n2)cc1. The molecule has 10 rings (SSSR count). The molecule has 0 N–H and O–H groups in total. The molecule has 0 amide bonds. The van der Waals surface area contributed by atoms with Crippen LogP contribution in [0, 0.1) is 0 Å². The lowest BCUT2D eigenvalue weighted by atomic mass is 9.97. The highest BCUT2D eigenvalue weighted by Gasteiger charge is 2.18. The van der Waals surface area contributed by atoms with Crippen LogP contribution in [0.1, 0.15) is 0 Å². The van der Waals surface area contributed by atoms with Gasteiger partial charge in [0.2, 0.25) is 0 Å². The van der Waals surface area contributed by atoms with E-state index in [-0.39, 0.29) is 0 Å². The van der Waals surface area contributed by atoms with Gasteiger partial charge >= 0.3 is 0 Å². The van der Waals surface area contributed by atoms with Gasteiger partial charge in [0.25, 0.3) is 0 Å². The van der Waals surface area contributed by atoms with E-state index in [0.717, 1.165) is 61.3 Å². The predicted molar refractivity (Wildman–Crippen MR) is 205 cm³/mol. The molecule has 4 nitrogen and oxygen atoms in total. The largest absolute Gasteiger partial charge is 0.456 e. The van der Waals surface area contributed by atoms with Crippen LogP contribution < -0.4 is 0 Å². The summed E-state index contributed by atoms with van der Waals surface area (Å²) in [7, 11) is 0. The minimum atomic E-state index is 0.677. The summed E-state index contributed by atoms with van der Waals surface area (Å²) in [5.41, 5.74) is 12.3. The summed E-state index contributed by atoms with van der Waals surface area (Å²) < 4.78 is 8.76. The van der Waals surface area contributed by atoms with Gasteiger partial charge in [-0.05, 0) is 71.8 Å². The van der Waals surface area contributed by atoms with Crippen LogP contribution in [0.5, 0.6) is 0 Å². The molecule has 10 aromatic rings. The van der Waals surface area contributed by atoms with Crippen LogP contribution >= 0.6 is 0 Å². The fraction of sp³-hybridized carbons (Fsp3) is 0. The first-order valence-electron chi connectivity index (χ1n) is 16.8. The molecule has 234 valence electrons. The lowest BCUT2D eigenvalue weighted by molar-refractivity contribution is 0.669. The molecule has 3 aromatic heterocycles. The monoisotopic (exact) mass is 639 g/mol. The number of nitrogens with zero attached hydrogens (tertiary/aromatic N) is 3. The van der Waals surface area contributed by atoms with Crippen molar-refractivity contribution in [2.24, 2.45) is 0 Å². The Morgan fingerprint density at radius 1 is 0.400 bits per heavy atom. The summed E-state index contributed by atoms with van der Waals surface area (Å²) in [6.45, 7) is 0. The van der Waals surface area contributed by atoms with Crippen LogP contribution in [0.2, 0.25) is 0 Å². The topological polar surface area (TPSA) is 43.9 Å². The average molecular weight is 640 g/mol. The third-order valence-electron chi connectivity index (χ3n) is 9.62. The molecular weight excluding hydrogens is 611 g/mol. The van der Waals surface area contributed by atoms with Crippen molar-refractivity contribution in [3.8, 4) is 50.7 Å². The van der Waals surface area contributed by atoms with E-state index >= 15 is 0 Å². The molecule has 0 saturated heterocycles. The van der Waals surface area contributed by atoms with E-state index in [1.807, 2.05) is 42.5 Å². The smallest absolute Gasteiger partial charge is 0.160 e. The Hall–Kier alpha value is -6.78. The van der Waals surface area contributed by atoms with Gasteiger partial charge in [0, 0.05) is 43.9 Å². The Morgan fingerprint density at radius 3 is 1.64 bits per heavy atom. The Kier molecular flexibility index (Phi) is 6.46. The molecule has 7 aromatic carbocycles. The summed E-state index contributed by atoms with van der Waals surface area (Å²) in [5, 5.41) is 4.56. The molecule has 0 unspecified atom stereocenters. The minimum absolute atomic E-state index is 0.677. The molecule has 50 heavy (non-hydrogen) atoms. The van der Waals surface area contributed by atoms with E-state index in [2.05, 4.69) is 138 Å². The van der Waals surface area contributed by atoms with Crippen LogP contribution in [0.25, 0.3) is 94.5 Å². The van der Waals surface area contributed by atoms with E-state index in [0.29, 0.717) is 5.82 Å². The highest BCUT2D eigenvalue weighted by atomic mass is 16.3. The first kappa shape index (κ1) is 28.3. The molecule has 0 atom stereocenters. The third kappa shape index (κ3) is 4.61. The van der Waals surface area contributed by atoms with Gasteiger partial charge < -0.3 is 8.98 Å². The number of hydrogen-bond donors (Lipinski definition) is 0. The number of aromatic nitrogens is 3. The Balaban J connectivity index is 1.15. The zero-order chi connectivity index (χ0) is 33.0. The van der Waals surface area contributed by atoms with Crippen LogP contribution in [0.15, 0.2) is 180 Å². The summed E-state index contributed by atoms with van der Waals surface area (Å²) in [5.74, 6) is 0.677. The molecular formula is C46H29N3O. The van der Waals surface area contributed by atoms with E-state index in [1.165, 1.54) is 27.4 Å². The van der Waals surface area contributed by atoms with Crippen molar-refractivity contribution in [2.75, 3.05) is 0 Å². The standard InChI is InChI=1S/C46H29N3O/c1-4-13-30(14-5-1)39-29-40(31-15-6-2-7-16-31)48-46(47-39)33-24-26-44-38(28-33)37-27-32(23-25-43(37)50-44)35-20-12-22-42-45(35)36-19-10-11-21-41(36)49(42)34-17-8-3-9-18-34/h1-29H. The lowest BCUT2D eigenvalue weighted by Crippen LogP contribution is -1.95. The number of rotatable bonds is 5. The quantitative estimate of drug-likeness (QED) is 0.188. The van der Waals surface area contributed by atoms with Crippen LogP contribution in [0.3, 0.4) is 0 Å². The highest BCUT2D eigenvalue weighted by molar-refractivity contribution is 6.17. The fourth-order valence-electron chi connectivity index (χ4n) is 7.29. The van der Waals surface area contributed by atoms with Crippen molar-refractivity contribution >= 4 is 43.7 Å². The second-order valence-corrected chi connectivity index (χ2v) is 12.6. The third-order valence-corrected chi connectivity index (χ3v) is 9.62. The van der Waals surface area contributed by atoms with E-state index in [1.54, 1.807) is 0 Å². The first-order valence-corrected chi connectivity index (χ1v) is 16.8. The van der Waals surface area contributed by atoms with Gasteiger partial charge in [-0.15, -0.1) is 0 Å². The number of fused-ring (bicyclic) bond motifs is 6. The maximum Gasteiger partial charge on any atom is 0.160 e. The molecule has 3 heterocycles. The zero-order valence-corrected chi connectivity index (χ0v) is 27.0. The summed E-state index contributed by atoms with van der Waals surface area (Å²) in [6.07, 6.45) is 0. The zero-order valence-electron chi connectivity index (χ0n) is 27.0. The summed E-state index contributed by atoms with van der Waals surface area (Å²) in [4.78, 5) is 10.2. The fourth-order valence-corrected chi connectivity index (χ4v) is 7.29. The number of furan rings is 1. The van der Waals surface area contributed by atoms with E-state index < -0.39 is 0 Å². The molecule has 0 radical (unpaired) electrons. The van der Waals surface area contributed by atoms with Crippen molar-refractivity contribution in [1.82, 2.24) is 14.5 Å². The van der Waals surface area contributed by atoms with Gasteiger partial charge in [0.1, 0.15) is 11.2 Å². The van der Waals surface area contributed by atoms with Crippen LogP contribution in [-0.2, 0) is 0 Å². The van der Waals surface area contributed by atoms with Gasteiger partial charge in [-0.2, -0.15) is 0 Å². The van der Waals surface area contributed by atoms with Crippen LogP contribution in [-0.4, -0.2) is 14.5 Å². The van der Waals surface area contributed by atoms with Crippen molar-refractivity contribution in [3.05, 3.63) is 176 Å². The van der Waals surface area contributed by atoms with Gasteiger partial charge in [-0.1, -0.05) is 115 Å². The lowest BCUT2D eigenvalue weighted by Gasteiger charge is -2.09. The molecule has 0 aliphatic rings. The van der Waals surface area contributed by atoms with Crippen molar-refractivity contribution in [2.45, 2.75) is 0 Å². The number of para-hydroxylation sites is 2. The Labute approximate surface area is 288 Å². The van der Waals surface area contributed by atoms with Gasteiger partial charge in [0.15, 0.2) is 5.82 Å². The number of benzene rings is 7. The minimum Gasteiger partial charge on any atom is -0.456 e.